The normalized spacial score (nSPS) is 10.3. The van der Waals surface area contributed by atoms with Crippen molar-refractivity contribution < 1.29 is 13.6 Å². The number of anilines is 1. The molecule has 0 saturated heterocycles. The molecule has 0 atom stereocenters. The minimum absolute atomic E-state index is 0.0749. The van der Waals surface area contributed by atoms with E-state index >= 15 is 0 Å². The molecule has 0 fully saturated rings. The molecule has 1 N–H and O–H groups in total. The van der Waals surface area contributed by atoms with Crippen molar-refractivity contribution in [1.82, 2.24) is 9.97 Å². The fourth-order valence-electron chi connectivity index (χ4n) is 1.51. The van der Waals surface area contributed by atoms with E-state index in [1.54, 1.807) is 13.0 Å². The second kappa shape index (κ2) is 5.51. The van der Waals surface area contributed by atoms with Crippen LogP contribution in [0.5, 0.6) is 0 Å². The molecule has 0 radical (unpaired) electrons. The summed E-state index contributed by atoms with van der Waals surface area (Å²) in [6, 6.07) is 5.03. The number of nitrogens with zero attached hydrogens (tertiary/aromatic N) is 2. The number of carbonyl (C=O) groups is 1. The molecule has 0 aliphatic carbocycles. The van der Waals surface area contributed by atoms with Crippen molar-refractivity contribution in [1.29, 1.82) is 0 Å². The smallest absolute Gasteiger partial charge is 0.231 e. The highest BCUT2D eigenvalue weighted by atomic mass is 19.2. The molecular weight excluding hydrogens is 252 g/mol. The average molecular weight is 263 g/mol. The Labute approximate surface area is 108 Å². The maximum Gasteiger partial charge on any atom is 0.231 e. The Morgan fingerprint density at radius 2 is 2.05 bits per heavy atom. The van der Waals surface area contributed by atoms with Crippen LogP contribution in [0.1, 0.15) is 11.3 Å². The van der Waals surface area contributed by atoms with Crippen molar-refractivity contribution in [3.8, 4) is 0 Å². The quantitative estimate of drug-likeness (QED) is 0.924. The van der Waals surface area contributed by atoms with Crippen molar-refractivity contribution in [2.24, 2.45) is 0 Å². The largest absolute Gasteiger partial charge is 0.294 e. The zero-order valence-electron chi connectivity index (χ0n) is 10.2. The van der Waals surface area contributed by atoms with Gasteiger partial charge >= 0.3 is 0 Å². The molecule has 0 saturated carbocycles. The minimum atomic E-state index is -0.975. The number of nitrogens with one attached hydrogen (secondary N) is 1. The van der Waals surface area contributed by atoms with Crippen LogP contribution in [0.25, 0.3) is 0 Å². The van der Waals surface area contributed by atoms with Gasteiger partial charge in [0.2, 0.25) is 11.9 Å². The van der Waals surface area contributed by atoms with Crippen molar-refractivity contribution >= 4 is 11.9 Å². The van der Waals surface area contributed by atoms with Gasteiger partial charge in [0.05, 0.1) is 6.42 Å². The molecule has 4 nitrogen and oxygen atoms in total. The zero-order chi connectivity index (χ0) is 13.8. The van der Waals surface area contributed by atoms with Gasteiger partial charge in [0.15, 0.2) is 11.6 Å². The lowest BCUT2D eigenvalue weighted by atomic mass is 10.1. The zero-order valence-corrected chi connectivity index (χ0v) is 10.2. The second-order valence-corrected chi connectivity index (χ2v) is 4.00. The van der Waals surface area contributed by atoms with Crippen LogP contribution < -0.4 is 5.32 Å². The number of carbonyl (C=O) groups excluding carboxylic acids is 1. The van der Waals surface area contributed by atoms with Crippen LogP contribution in [0, 0.1) is 18.6 Å². The number of hydrogen-bond donors (Lipinski definition) is 1. The summed E-state index contributed by atoms with van der Waals surface area (Å²) in [5.41, 5.74) is 1.10. The summed E-state index contributed by atoms with van der Waals surface area (Å²) < 4.78 is 25.7. The molecule has 0 spiro atoms. The Hall–Kier alpha value is -2.37. The summed E-state index contributed by atoms with van der Waals surface area (Å²) in [5.74, 6) is -2.12. The summed E-state index contributed by atoms with van der Waals surface area (Å²) in [5, 5.41) is 2.49. The lowest BCUT2D eigenvalue weighted by Crippen LogP contribution is -2.16. The van der Waals surface area contributed by atoms with Crippen LogP contribution in [0.3, 0.4) is 0 Å². The predicted molar refractivity (Wildman–Crippen MR) is 65.5 cm³/mol. The Morgan fingerprint density at radius 3 is 2.74 bits per heavy atom. The van der Waals surface area contributed by atoms with Crippen molar-refractivity contribution in [3.05, 3.63) is 53.4 Å². The van der Waals surface area contributed by atoms with E-state index in [1.165, 1.54) is 12.3 Å². The maximum absolute atomic E-state index is 13.0. The Morgan fingerprint density at radius 1 is 1.26 bits per heavy atom. The monoisotopic (exact) mass is 263 g/mol. The predicted octanol–water partition coefficient (Wildman–Crippen LogP) is 2.24. The lowest BCUT2D eigenvalue weighted by Gasteiger charge is -2.04. The number of halogens is 2. The molecule has 0 unspecified atom stereocenters. The average Bonchev–Trinajstić information content (AvgIpc) is 2.34. The molecule has 98 valence electrons. The Bertz CT molecular complexity index is 617. The summed E-state index contributed by atoms with van der Waals surface area (Å²) in [6.45, 7) is 1.77. The van der Waals surface area contributed by atoms with E-state index in [2.05, 4.69) is 15.3 Å². The van der Waals surface area contributed by atoms with Crippen molar-refractivity contribution in [3.63, 3.8) is 0 Å². The number of hydrogen-bond acceptors (Lipinski definition) is 3. The summed E-state index contributed by atoms with van der Waals surface area (Å²) >= 11 is 0. The summed E-state index contributed by atoms with van der Waals surface area (Å²) in [6.07, 6.45) is 1.45. The molecule has 1 aromatic heterocycles. The third-order valence-electron chi connectivity index (χ3n) is 2.39. The molecule has 0 aliphatic rings. The van der Waals surface area contributed by atoms with Gasteiger partial charge in [-0.1, -0.05) is 6.07 Å². The topological polar surface area (TPSA) is 54.9 Å². The number of amides is 1. The van der Waals surface area contributed by atoms with Gasteiger partial charge in [0.1, 0.15) is 0 Å². The van der Waals surface area contributed by atoms with E-state index in [9.17, 15) is 13.6 Å². The molecule has 6 heteroatoms. The maximum atomic E-state index is 13.0. The minimum Gasteiger partial charge on any atom is -0.294 e. The molecule has 19 heavy (non-hydrogen) atoms. The van der Waals surface area contributed by atoms with E-state index in [0.29, 0.717) is 5.56 Å². The van der Waals surface area contributed by atoms with Gasteiger partial charge in [-0.05, 0) is 30.7 Å². The first-order valence-corrected chi connectivity index (χ1v) is 5.58. The number of aromatic nitrogens is 2. The van der Waals surface area contributed by atoms with Gasteiger partial charge in [-0.3, -0.25) is 10.1 Å². The fraction of sp³-hybridized carbons (Fsp3) is 0.154. The summed E-state index contributed by atoms with van der Waals surface area (Å²) in [4.78, 5) is 19.6. The Kier molecular flexibility index (Phi) is 3.79. The Balaban J connectivity index is 2.03. The number of rotatable bonds is 3. The standard InChI is InChI=1S/C13H11F2N3O/c1-8-4-5-16-13(17-8)18-12(19)7-9-2-3-10(14)11(15)6-9/h2-6H,7H2,1H3,(H,16,17,18,19). The van der Waals surface area contributed by atoms with Gasteiger partial charge in [-0.2, -0.15) is 0 Å². The molecule has 1 aromatic carbocycles. The fourth-order valence-corrected chi connectivity index (χ4v) is 1.51. The van der Waals surface area contributed by atoms with E-state index in [-0.39, 0.29) is 12.4 Å². The highest BCUT2D eigenvalue weighted by Gasteiger charge is 2.08. The molecule has 1 amide bonds. The van der Waals surface area contributed by atoms with Crippen LogP contribution in [0.4, 0.5) is 14.7 Å². The summed E-state index contributed by atoms with van der Waals surface area (Å²) in [7, 11) is 0. The van der Waals surface area contributed by atoms with Gasteiger partial charge in [0.25, 0.3) is 0 Å². The first-order valence-electron chi connectivity index (χ1n) is 5.58. The van der Waals surface area contributed by atoms with Gasteiger partial charge < -0.3 is 0 Å². The third-order valence-corrected chi connectivity index (χ3v) is 2.39. The second-order valence-electron chi connectivity index (χ2n) is 4.00. The highest BCUT2D eigenvalue weighted by molar-refractivity contribution is 5.90. The van der Waals surface area contributed by atoms with Crippen LogP contribution >= 0.6 is 0 Å². The molecule has 0 aliphatic heterocycles. The lowest BCUT2D eigenvalue weighted by molar-refractivity contribution is -0.115. The first kappa shape index (κ1) is 13.1. The third kappa shape index (κ3) is 3.54. The molecule has 2 rings (SSSR count). The van der Waals surface area contributed by atoms with Crippen LogP contribution in [0.15, 0.2) is 30.5 Å². The highest BCUT2D eigenvalue weighted by Crippen LogP contribution is 2.10. The van der Waals surface area contributed by atoms with Gasteiger partial charge in [0, 0.05) is 11.9 Å². The molecule has 2 aromatic rings. The van der Waals surface area contributed by atoms with E-state index in [4.69, 9.17) is 0 Å². The van der Waals surface area contributed by atoms with Crippen molar-refractivity contribution in [2.45, 2.75) is 13.3 Å². The molecule has 1 heterocycles. The van der Waals surface area contributed by atoms with E-state index in [1.807, 2.05) is 0 Å². The van der Waals surface area contributed by atoms with Gasteiger partial charge in [-0.15, -0.1) is 0 Å². The van der Waals surface area contributed by atoms with E-state index < -0.39 is 17.5 Å². The first-order chi connectivity index (χ1) is 9.04. The van der Waals surface area contributed by atoms with Crippen LogP contribution in [-0.4, -0.2) is 15.9 Å². The van der Waals surface area contributed by atoms with Crippen molar-refractivity contribution in [2.75, 3.05) is 5.32 Å². The van der Waals surface area contributed by atoms with E-state index in [0.717, 1.165) is 17.8 Å². The SMILES string of the molecule is Cc1ccnc(NC(=O)Cc2ccc(F)c(F)c2)n1. The molecular formula is C13H11F2N3O. The number of benzene rings is 1. The van der Waals surface area contributed by atoms with Crippen LogP contribution in [0.2, 0.25) is 0 Å². The van der Waals surface area contributed by atoms with Gasteiger partial charge in [-0.25, -0.2) is 18.7 Å². The molecule has 0 bridgehead atoms. The number of aryl methyl sites for hydroxylation is 1. The van der Waals surface area contributed by atoms with Crippen LogP contribution in [-0.2, 0) is 11.2 Å².